The lowest BCUT2D eigenvalue weighted by Gasteiger charge is -2.22. The van der Waals surface area contributed by atoms with Crippen LogP contribution in [-0.2, 0) is 9.53 Å². The maximum absolute atomic E-state index is 11.8. The summed E-state index contributed by atoms with van der Waals surface area (Å²) in [6, 6.07) is 3.64. The lowest BCUT2D eigenvalue weighted by atomic mass is 10.1. The minimum absolute atomic E-state index is 0.0179. The van der Waals surface area contributed by atoms with E-state index in [9.17, 15) is 14.7 Å². The van der Waals surface area contributed by atoms with Gasteiger partial charge in [-0.05, 0) is 39.8 Å². The molecule has 0 spiro atoms. The van der Waals surface area contributed by atoms with Gasteiger partial charge in [-0.15, -0.1) is 0 Å². The molecule has 0 bridgehead atoms. The zero-order valence-electron chi connectivity index (χ0n) is 14.5. The highest BCUT2D eigenvalue weighted by Crippen LogP contribution is 2.25. The first-order valence-electron chi connectivity index (χ1n) is 7.75. The summed E-state index contributed by atoms with van der Waals surface area (Å²) in [5.74, 6) is -0.948. The van der Waals surface area contributed by atoms with E-state index in [0.29, 0.717) is 12.4 Å². The molecule has 0 aromatic heterocycles. The molecule has 0 heterocycles. The molecule has 0 radical (unpaired) electrons. The molecule has 134 valence electrons. The summed E-state index contributed by atoms with van der Waals surface area (Å²) in [4.78, 5) is 23.0. The highest BCUT2D eigenvalue weighted by Gasteiger charge is 2.22. The number of carboxylic acids is 1. The molecule has 0 amide bonds. The number of nitrogens with two attached hydrogens (primary N) is 1. The number of hydrogen-bond donors (Lipinski definition) is 2. The van der Waals surface area contributed by atoms with E-state index in [1.54, 1.807) is 26.8 Å². The number of carbonyl (C=O) groups excluding carboxylic acids is 1. The summed E-state index contributed by atoms with van der Waals surface area (Å²) in [6.45, 7) is 7.63. The maximum atomic E-state index is 11.8. The van der Waals surface area contributed by atoms with E-state index in [2.05, 4.69) is 0 Å². The second-order valence-corrected chi connectivity index (χ2v) is 6.17. The average molecular weight is 339 g/mol. The van der Waals surface area contributed by atoms with Gasteiger partial charge in [-0.3, -0.25) is 4.79 Å². The molecule has 1 aromatic carbocycles. The number of ether oxygens (including phenoxy) is 3. The van der Waals surface area contributed by atoms with Crippen LogP contribution in [0.15, 0.2) is 18.2 Å². The van der Waals surface area contributed by atoms with Crippen LogP contribution >= 0.6 is 0 Å². The Bertz CT molecular complexity index is 579. The average Bonchev–Trinajstić information content (AvgIpc) is 2.45. The Hall–Kier alpha value is -2.28. The van der Waals surface area contributed by atoms with Crippen molar-refractivity contribution < 1.29 is 28.9 Å². The zero-order valence-corrected chi connectivity index (χ0v) is 14.5. The highest BCUT2D eigenvalue weighted by atomic mass is 16.6. The van der Waals surface area contributed by atoms with Gasteiger partial charge in [0.25, 0.3) is 0 Å². The van der Waals surface area contributed by atoms with Crippen molar-refractivity contribution in [2.45, 2.75) is 45.8 Å². The number of carboxylic acid groups (broad SMARTS) is 1. The van der Waals surface area contributed by atoms with Crippen LogP contribution in [0.2, 0.25) is 0 Å². The molecule has 1 atom stereocenters. The van der Waals surface area contributed by atoms with Crippen molar-refractivity contribution >= 4 is 11.9 Å². The molecular formula is C17H25NO6. The van der Waals surface area contributed by atoms with Crippen molar-refractivity contribution in [3.8, 4) is 11.5 Å². The van der Waals surface area contributed by atoms with E-state index in [1.807, 2.05) is 6.92 Å². The van der Waals surface area contributed by atoms with Gasteiger partial charge in [0.15, 0.2) is 0 Å². The molecule has 1 unspecified atom stereocenters. The predicted octanol–water partition coefficient (Wildman–Crippen LogP) is 2.22. The minimum atomic E-state index is -1.11. The van der Waals surface area contributed by atoms with E-state index in [-0.39, 0.29) is 24.3 Å². The minimum Gasteiger partial charge on any atom is -0.494 e. The van der Waals surface area contributed by atoms with Crippen LogP contribution in [0.1, 0.15) is 44.5 Å². The predicted molar refractivity (Wildman–Crippen MR) is 88.5 cm³/mol. The number of aromatic carboxylic acids is 1. The molecule has 0 saturated heterocycles. The van der Waals surface area contributed by atoms with Crippen LogP contribution in [-0.4, -0.2) is 41.9 Å². The van der Waals surface area contributed by atoms with Crippen LogP contribution < -0.4 is 15.2 Å². The van der Waals surface area contributed by atoms with Crippen LogP contribution in [0.4, 0.5) is 0 Å². The van der Waals surface area contributed by atoms with E-state index in [1.165, 1.54) is 12.1 Å². The van der Waals surface area contributed by atoms with Gasteiger partial charge in [-0.25, -0.2) is 4.79 Å². The van der Waals surface area contributed by atoms with Gasteiger partial charge in [0.1, 0.15) is 28.7 Å². The number of benzene rings is 1. The van der Waals surface area contributed by atoms with Gasteiger partial charge in [0.2, 0.25) is 0 Å². The molecule has 7 heteroatoms. The van der Waals surface area contributed by atoms with Crippen LogP contribution in [0, 0.1) is 0 Å². The van der Waals surface area contributed by atoms with E-state index in [4.69, 9.17) is 19.9 Å². The van der Waals surface area contributed by atoms with Gasteiger partial charge in [-0.2, -0.15) is 0 Å². The third-order valence-corrected chi connectivity index (χ3v) is 2.89. The van der Waals surface area contributed by atoms with Crippen molar-refractivity contribution in [2.75, 3.05) is 13.2 Å². The first-order chi connectivity index (χ1) is 11.1. The Morgan fingerprint density at radius 2 is 1.92 bits per heavy atom. The maximum Gasteiger partial charge on any atom is 0.339 e. The third kappa shape index (κ3) is 6.45. The lowest BCUT2D eigenvalue weighted by molar-refractivity contribution is -0.156. The van der Waals surface area contributed by atoms with E-state index < -0.39 is 23.6 Å². The van der Waals surface area contributed by atoms with E-state index >= 15 is 0 Å². The summed E-state index contributed by atoms with van der Waals surface area (Å²) in [5, 5.41) is 9.19. The molecule has 0 aliphatic carbocycles. The van der Waals surface area contributed by atoms with E-state index in [0.717, 1.165) is 0 Å². The fourth-order valence-electron chi connectivity index (χ4n) is 1.85. The topological polar surface area (TPSA) is 108 Å². The molecular weight excluding hydrogens is 314 g/mol. The molecule has 1 rings (SSSR count). The second-order valence-electron chi connectivity index (χ2n) is 6.17. The molecule has 0 aliphatic heterocycles. The first kappa shape index (κ1) is 19.8. The van der Waals surface area contributed by atoms with Gasteiger partial charge in [0.05, 0.1) is 13.2 Å². The van der Waals surface area contributed by atoms with Gasteiger partial charge < -0.3 is 25.1 Å². The molecule has 0 saturated carbocycles. The summed E-state index contributed by atoms with van der Waals surface area (Å²) >= 11 is 0. The largest absolute Gasteiger partial charge is 0.494 e. The highest BCUT2D eigenvalue weighted by molar-refractivity contribution is 5.91. The lowest BCUT2D eigenvalue weighted by Crippen LogP contribution is -2.38. The van der Waals surface area contributed by atoms with Crippen molar-refractivity contribution in [2.24, 2.45) is 5.73 Å². The quantitative estimate of drug-likeness (QED) is 0.699. The fourth-order valence-corrected chi connectivity index (χ4v) is 1.85. The number of carbonyl (C=O) groups is 2. The zero-order chi connectivity index (χ0) is 18.3. The number of hydrogen-bond acceptors (Lipinski definition) is 6. The summed E-state index contributed by atoms with van der Waals surface area (Å²) in [6.07, 6.45) is 0.201. The normalized spacial score (nSPS) is 12.4. The Kier molecular flexibility index (Phi) is 7.03. The standard InChI is InChI=1S/C17H25NO6/c1-5-22-11-6-7-12(15(19)20)14(10-11)23-9-8-13(18)16(21)24-17(2,3)4/h6-7,10,13H,5,8-9,18H2,1-4H3,(H,19,20). The molecule has 3 N–H and O–H groups in total. The Balaban J connectivity index is 2.67. The first-order valence-corrected chi connectivity index (χ1v) is 7.75. The van der Waals surface area contributed by atoms with Gasteiger partial charge in [-0.1, -0.05) is 0 Å². The van der Waals surface area contributed by atoms with Crippen molar-refractivity contribution in [3.63, 3.8) is 0 Å². The Labute approximate surface area is 141 Å². The van der Waals surface area contributed by atoms with Gasteiger partial charge in [0, 0.05) is 12.5 Å². The third-order valence-electron chi connectivity index (χ3n) is 2.89. The summed E-state index contributed by atoms with van der Waals surface area (Å²) in [5.41, 5.74) is 5.17. The molecule has 0 fully saturated rings. The summed E-state index contributed by atoms with van der Waals surface area (Å²) in [7, 11) is 0. The van der Waals surface area contributed by atoms with Gasteiger partial charge >= 0.3 is 11.9 Å². The molecule has 1 aromatic rings. The van der Waals surface area contributed by atoms with Crippen LogP contribution in [0.5, 0.6) is 11.5 Å². The SMILES string of the molecule is CCOc1ccc(C(=O)O)c(OCCC(N)C(=O)OC(C)(C)C)c1. The number of rotatable bonds is 8. The van der Waals surface area contributed by atoms with Crippen molar-refractivity contribution in [1.82, 2.24) is 0 Å². The van der Waals surface area contributed by atoms with Crippen molar-refractivity contribution in [3.05, 3.63) is 23.8 Å². The molecule has 0 aliphatic rings. The second kappa shape index (κ2) is 8.54. The Morgan fingerprint density at radius 3 is 2.46 bits per heavy atom. The monoisotopic (exact) mass is 339 g/mol. The summed E-state index contributed by atoms with van der Waals surface area (Å²) < 4.78 is 16.0. The fraction of sp³-hybridized carbons (Fsp3) is 0.529. The molecule has 24 heavy (non-hydrogen) atoms. The van der Waals surface area contributed by atoms with Crippen molar-refractivity contribution in [1.29, 1.82) is 0 Å². The van der Waals surface area contributed by atoms with Crippen LogP contribution in [0.25, 0.3) is 0 Å². The van der Waals surface area contributed by atoms with Crippen LogP contribution in [0.3, 0.4) is 0 Å². The Morgan fingerprint density at radius 1 is 1.25 bits per heavy atom. The number of esters is 1. The molecule has 7 nitrogen and oxygen atoms in total. The smallest absolute Gasteiger partial charge is 0.339 e.